The molecule has 0 saturated heterocycles. The van der Waals surface area contributed by atoms with Crippen molar-refractivity contribution in [3.05, 3.63) is 58.7 Å². The number of aromatic amines is 1. The van der Waals surface area contributed by atoms with Crippen LogP contribution in [0.25, 0.3) is 10.9 Å². The van der Waals surface area contributed by atoms with E-state index < -0.39 is 0 Å². The van der Waals surface area contributed by atoms with Crippen LogP contribution in [-0.2, 0) is 11.2 Å². The summed E-state index contributed by atoms with van der Waals surface area (Å²) in [7, 11) is 0. The van der Waals surface area contributed by atoms with Crippen molar-refractivity contribution in [2.75, 3.05) is 11.9 Å². The summed E-state index contributed by atoms with van der Waals surface area (Å²) in [5, 5.41) is 13.2. The summed E-state index contributed by atoms with van der Waals surface area (Å²) >= 11 is 5.97. The summed E-state index contributed by atoms with van der Waals surface area (Å²) in [5.41, 5.74) is 3.28. The van der Waals surface area contributed by atoms with Gasteiger partial charge in [-0.25, -0.2) is 0 Å². The van der Waals surface area contributed by atoms with Crippen LogP contribution < -0.4 is 10.1 Å². The quantitative estimate of drug-likeness (QED) is 0.718. The maximum Gasteiger partial charge on any atom is 0.221 e. The van der Waals surface area contributed by atoms with E-state index in [0.717, 1.165) is 22.2 Å². The summed E-state index contributed by atoms with van der Waals surface area (Å²) in [5.74, 6) is 0.467. The number of aromatic nitrogens is 1. The summed E-state index contributed by atoms with van der Waals surface area (Å²) in [4.78, 5) is 14.4. The highest BCUT2D eigenvalue weighted by atomic mass is 35.5. The monoisotopic (exact) mass is 353 g/mol. The van der Waals surface area contributed by atoms with E-state index in [1.165, 1.54) is 6.92 Å². The number of H-pyrrole nitrogens is 1. The third-order valence-corrected chi connectivity index (χ3v) is 3.93. The molecular weight excluding hydrogens is 338 g/mol. The molecule has 1 heterocycles. The van der Waals surface area contributed by atoms with Gasteiger partial charge in [-0.15, -0.1) is 0 Å². The fraction of sp³-hybridized carbons (Fsp3) is 0.158. The first-order valence-electron chi connectivity index (χ1n) is 7.76. The summed E-state index contributed by atoms with van der Waals surface area (Å²) in [6, 6.07) is 13.0. The lowest BCUT2D eigenvalue weighted by Gasteiger charge is -2.08. The van der Waals surface area contributed by atoms with Crippen LogP contribution in [-0.4, -0.2) is 17.5 Å². The SMILES string of the molecule is CC(=O)Nc1c[nH]c2ccc(CCOc3cc(Cl)cc(C#N)c3)cc12. The van der Waals surface area contributed by atoms with Gasteiger partial charge in [-0.05, 0) is 35.9 Å². The molecule has 0 saturated carbocycles. The Labute approximate surface area is 150 Å². The Bertz CT molecular complexity index is 972. The fourth-order valence-corrected chi connectivity index (χ4v) is 2.84. The molecule has 0 fully saturated rings. The van der Waals surface area contributed by atoms with Gasteiger partial charge in [0.1, 0.15) is 5.75 Å². The van der Waals surface area contributed by atoms with Crippen LogP contribution in [0.15, 0.2) is 42.6 Å². The zero-order valence-corrected chi connectivity index (χ0v) is 14.4. The number of nitriles is 1. The van der Waals surface area contributed by atoms with Crippen molar-refractivity contribution >= 4 is 34.1 Å². The molecule has 0 atom stereocenters. The van der Waals surface area contributed by atoms with Gasteiger partial charge in [0, 0.05) is 35.5 Å². The number of anilines is 1. The number of carbonyl (C=O) groups is 1. The number of ether oxygens (including phenoxy) is 1. The Hall–Kier alpha value is -2.97. The number of amides is 1. The minimum Gasteiger partial charge on any atom is -0.493 e. The van der Waals surface area contributed by atoms with Crippen molar-refractivity contribution in [2.24, 2.45) is 0 Å². The maximum absolute atomic E-state index is 11.3. The van der Waals surface area contributed by atoms with Gasteiger partial charge in [0.15, 0.2) is 0 Å². The average Bonchev–Trinajstić information content (AvgIpc) is 2.96. The van der Waals surface area contributed by atoms with Crippen molar-refractivity contribution in [1.29, 1.82) is 5.26 Å². The molecule has 3 aromatic rings. The topological polar surface area (TPSA) is 77.9 Å². The maximum atomic E-state index is 11.3. The first-order chi connectivity index (χ1) is 12.0. The highest BCUT2D eigenvalue weighted by Crippen LogP contribution is 2.25. The lowest BCUT2D eigenvalue weighted by atomic mass is 10.1. The molecule has 0 aliphatic rings. The normalized spacial score (nSPS) is 10.4. The first kappa shape index (κ1) is 16.9. The highest BCUT2D eigenvalue weighted by Gasteiger charge is 2.06. The van der Waals surface area contributed by atoms with E-state index in [2.05, 4.69) is 16.4 Å². The largest absolute Gasteiger partial charge is 0.493 e. The lowest BCUT2D eigenvalue weighted by molar-refractivity contribution is -0.114. The molecule has 0 spiro atoms. The Morgan fingerprint density at radius 1 is 1.32 bits per heavy atom. The number of rotatable bonds is 5. The van der Waals surface area contributed by atoms with Crippen molar-refractivity contribution in [3.63, 3.8) is 0 Å². The van der Waals surface area contributed by atoms with Crippen molar-refractivity contribution < 1.29 is 9.53 Å². The van der Waals surface area contributed by atoms with Crippen LogP contribution in [0, 0.1) is 11.3 Å². The summed E-state index contributed by atoms with van der Waals surface area (Å²) < 4.78 is 5.71. The third kappa shape index (κ3) is 4.11. The second-order valence-electron chi connectivity index (χ2n) is 5.65. The van der Waals surface area contributed by atoms with Gasteiger partial charge in [-0.3, -0.25) is 4.79 Å². The van der Waals surface area contributed by atoms with E-state index in [0.29, 0.717) is 29.4 Å². The van der Waals surface area contributed by atoms with Crippen LogP contribution in [0.2, 0.25) is 5.02 Å². The average molecular weight is 354 g/mol. The Kier molecular flexibility index (Phi) is 4.92. The molecule has 25 heavy (non-hydrogen) atoms. The second-order valence-corrected chi connectivity index (χ2v) is 6.09. The molecule has 126 valence electrons. The zero-order chi connectivity index (χ0) is 17.8. The number of benzene rings is 2. The second kappa shape index (κ2) is 7.29. The first-order valence-corrected chi connectivity index (χ1v) is 8.14. The Morgan fingerprint density at radius 3 is 2.92 bits per heavy atom. The molecule has 1 aromatic heterocycles. The Morgan fingerprint density at radius 2 is 2.16 bits per heavy atom. The molecule has 0 aliphatic carbocycles. The van der Waals surface area contributed by atoms with Crippen LogP contribution in [0.1, 0.15) is 18.1 Å². The van der Waals surface area contributed by atoms with Gasteiger partial charge >= 0.3 is 0 Å². The van der Waals surface area contributed by atoms with Gasteiger partial charge in [0.2, 0.25) is 5.91 Å². The number of hydrogen-bond donors (Lipinski definition) is 2. The number of fused-ring (bicyclic) bond motifs is 1. The van der Waals surface area contributed by atoms with Gasteiger partial charge < -0.3 is 15.0 Å². The van der Waals surface area contributed by atoms with E-state index in [1.54, 1.807) is 24.4 Å². The predicted molar refractivity (Wildman–Crippen MR) is 98.0 cm³/mol. The van der Waals surface area contributed by atoms with Gasteiger partial charge in [0.05, 0.1) is 23.9 Å². The third-order valence-electron chi connectivity index (χ3n) is 3.72. The molecular formula is C19H16ClN3O2. The van der Waals surface area contributed by atoms with E-state index >= 15 is 0 Å². The molecule has 1 amide bonds. The van der Waals surface area contributed by atoms with Gasteiger partial charge in [-0.1, -0.05) is 17.7 Å². The van der Waals surface area contributed by atoms with Gasteiger partial charge in [0.25, 0.3) is 0 Å². The van der Waals surface area contributed by atoms with Crippen molar-refractivity contribution in [2.45, 2.75) is 13.3 Å². The number of halogens is 1. The van der Waals surface area contributed by atoms with E-state index in [1.807, 2.05) is 18.2 Å². The zero-order valence-electron chi connectivity index (χ0n) is 13.6. The predicted octanol–water partition coefficient (Wildman–Crippen LogP) is 4.27. The minimum absolute atomic E-state index is 0.108. The molecule has 0 unspecified atom stereocenters. The fourth-order valence-electron chi connectivity index (χ4n) is 2.61. The molecule has 0 bridgehead atoms. The number of nitrogens with one attached hydrogen (secondary N) is 2. The van der Waals surface area contributed by atoms with E-state index in [-0.39, 0.29) is 5.91 Å². The molecule has 5 nitrogen and oxygen atoms in total. The number of hydrogen-bond acceptors (Lipinski definition) is 3. The Balaban J connectivity index is 1.70. The van der Waals surface area contributed by atoms with Gasteiger partial charge in [-0.2, -0.15) is 5.26 Å². The van der Waals surface area contributed by atoms with Crippen LogP contribution in [0.4, 0.5) is 5.69 Å². The van der Waals surface area contributed by atoms with Crippen molar-refractivity contribution in [1.82, 2.24) is 4.98 Å². The standard InChI is InChI=1S/C19H16ClN3O2/c1-12(24)23-19-11-22-18-3-2-13(8-17(18)19)4-5-25-16-7-14(10-21)6-15(20)9-16/h2-3,6-9,11,22H,4-5H2,1H3,(H,23,24). The lowest BCUT2D eigenvalue weighted by Crippen LogP contribution is -2.05. The van der Waals surface area contributed by atoms with E-state index in [4.69, 9.17) is 21.6 Å². The molecule has 6 heteroatoms. The van der Waals surface area contributed by atoms with Crippen LogP contribution in [0.5, 0.6) is 5.75 Å². The summed E-state index contributed by atoms with van der Waals surface area (Å²) in [6.07, 6.45) is 2.47. The number of carbonyl (C=O) groups excluding carboxylic acids is 1. The van der Waals surface area contributed by atoms with Crippen LogP contribution in [0.3, 0.4) is 0 Å². The highest BCUT2D eigenvalue weighted by molar-refractivity contribution is 6.30. The molecule has 2 N–H and O–H groups in total. The van der Waals surface area contributed by atoms with Crippen molar-refractivity contribution in [3.8, 4) is 11.8 Å². The summed E-state index contributed by atoms with van der Waals surface area (Å²) in [6.45, 7) is 1.94. The smallest absolute Gasteiger partial charge is 0.221 e. The van der Waals surface area contributed by atoms with Crippen LogP contribution >= 0.6 is 11.6 Å². The molecule has 0 radical (unpaired) electrons. The van der Waals surface area contributed by atoms with E-state index in [9.17, 15) is 4.79 Å². The number of nitrogens with zero attached hydrogens (tertiary/aromatic N) is 1. The molecule has 3 rings (SSSR count). The minimum atomic E-state index is -0.108. The molecule has 0 aliphatic heterocycles. The molecule has 2 aromatic carbocycles.